The van der Waals surface area contributed by atoms with Gasteiger partial charge < -0.3 is 14.8 Å². The molecule has 134 valence electrons. The molecular weight excluding hydrogens is 314 g/mol. The summed E-state index contributed by atoms with van der Waals surface area (Å²) in [5.41, 5.74) is 1.79. The highest BCUT2D eigenvalue weighted by Crippen LogP contribution is 2.15. The van der Waals surface area contributed by atoms with Crippen molar-refractivity contribution in [3.63, 3.8) is 0 Å². The van der Waals surface area contributed by atoms with E-state index in [0.717, 1.165) is 23.3 Å². The standard InChI is InChI=1S/C21H27NO3/c1-16(22-20(23)25-21(2,3)4)14-17-10-12-19(13-11-17)24-15-18-8-6-5-7-9-18/h5-13,16H,14-15H2,1-4H3,(H,22,23). The van der Waals surface area contributed by atoms with Gasteiger partial charge in [0.25, 0.3) is 0 Å². The van der Waals surface area contributed by atoms with Gasteiger partial charge in [0.2, 0.25) is 0 Å². The summed E-state index contributed by atoms with van der Waals surface area (Å²) in [4.78, 5) is 11.8. The average molecular weight is 341 g/mol. The molecule has 0 heterocycles. The minimum Gasteiger partial charge on any atom is -0.489 e. The average Bonchev–Trinajstić information content (AvgIpc) is 2.53. The van der Waals surface area contributed by atoms with Crippen molar-refractivity contribution in [3.8, 4) is 5.75 Å². The zero-order valence-corrected chi connectivity index (χ0v) is 15.4. The quantitative estimate of drug-likeness (QED) is 0.827. The number of carbonyl (C=O) groups is 1. The van der Waals surface area contributed by atoms with Gasteiger partial charge in [-0.3, -0.25) is 0 Å². The van der Waals surface area contributed by atoms with Crippen LogP contribution in [0.5, 0.6) is 5.75 Å². The van der Waals surface area contributed by atoms with Gasteiger partial charge in [0.1, 0.15) is 18.0 Å². The minimum atomic E-state index is -0.485. The summed E-state index contributed by atoms with van der Waals surface area (Å²) in [7, 11) is 0. The Morgan fingerprint density at radius 3 is 2.24 bits per heavy atom. The fraction of sp³-hybridized carbons (Fsp3) is 0.381. The Hall–Kier alpha value is -2.49. The molecule has 2 rings (SSSR count). The third-order valence-corrected chi connectivity index (χ3v) is 3.48. The summed E-state index contributed by atoms with van der Waals surface area (Å²) in [5.74, 6) is 0.834. The molecule has 0 bridgehead atoms. The number of hydrogen-bond donors (Lipinski definition) is 1. The van der Waals surface area contributed by atoms with Crippen molar-refractivity contribution in [2.24, 2.45) is 0 Å². The Kier molecular flexibility index (Phi) is 6.45. The van der Waals surface area contributed by atoms with Crippen LogP contribution in [0.15, 0.2) is 54.6 Å². The van der Waals surface area contributed by atoms with Gasteiger partial charge in [-0.15, -0.1) is 0 Å². The molecule has 0 aliphatic rings. The van der Waals surface area contributed by atoms with Crippen LogP contribution >= 0.6 is 0 Å². The van der Waals surface area contributed by atoms with Gasteiger partial charge in [-0.05, 0) is 57.4 Å². The van der Waals surface area contributed by atoms with Crippen molar-refractivity contribution in [1.82, 2.24) is 5.32 Å². The maximum atomic E-state index is 11.8. The van der Waals surface area contributed by atoms with E-state index in [2.05, 4.69) is 5.32 Å². The van der Waals surface area contributed by atoms with E-state index in [0.29, 0.717) is 6.61 Å². The predicted octanol–water partition coefficient (Wildman–Crippen LogP) is 4.72. The Labute approximate surface area is 150 Å². The lowest BCUT2D eigenvalue weighted by Crippen LogP contribution is -2.38. The van der Waals surface area contributed by atoms with Crippen LogP contribution < -0.4 is 10.1 Å². The topological polar surface area (TPSA) is 47.6 Å². The third-order valence-electron chi connectivity index (χ3n) is 3.48. The van der Waals surface area contributed by atoms with Crippen molar-refractivity contribution in [2.45, 2.75) is 52.4 Å². The van der Waals surface area contributed by atoms with Gasteiger partial charge in [0, 0.05) is 6.04 Å². The van der Waals surface area contributed by atoms with E-state index in [9.17, 15) is 4.79 Å². The van der Waals surface area contributed by atoms with Crippen LogP contribution in [0.4, 0.5) is 4.79 Å². The van der Waals surface area contributed by atoms with Crippen LogP contribution in [0.3, 0.4) is 0 Å². The number of hydrogen-bond acceptors (Lipinski definition) is 3. The number of rotatable bonds is 6. The molecule has 25 heavy (non-hydrogen) atoms. The van der Waals surface area contributed by atoms with E-state index in [-0.39, 0.29) is 12.1 Å². The van der Waals surface area contributed by atoms with Crippen LogP contribution in [0.25, 0.3) is 0 Å². The zero-order valence-electron chi connectivity index (χ0n) is 15.4. The largest absolute Gasteiger partial charge is 0.489 e. The molecular formula is C21H27NO3. The smallest absolute Gasteiger partial charge is 0.407 e. The van der Waals surface area contributed by atoms with Crippen molar-refractivity contribution in [2.75, 3.05) is 0 Å². The molecule has 1 amide bonds. The second-order valence-corrected chi connectivity index (χ2v) is 7.17. The number of ether oxygens (including phenoxy) is 2. The molecule has 1 unspecified atom stereocenters. The van der Waals surface area contributed by atoms with Gasteiger partial charge in [0.15, 0.2) is 0 Å². The molecule has 4 heteroatoms. The molecule has 1 atom stereocenters. The van der Waals surface area contributed by atoms with Gasteiger partial charge in [0.05, 0.1) is 0 Å². The lowest BCUT2D eigenvalue weighted by molar-refractivity contribution is 0.0508. The molecule has 4 nitrogen and oxygen atoms in total. The number of carbonyl (C=O) groups excluding carboxylic acids is 1. The summed E-state index contributed by atoms with van der Waals surface area (Å²) in [5, 5.41) is 2.85. The van der Waals surface area contributed by atoms with Crippen molar-refractivity contribution in [3.05, 3.63) is 65.7 Å². The van der Waals surface area contributed by atoms with Crippen LogP contribution in [0, 0.1) is 0 Å². The number of benzene rings is 2. The summed E-state index contributed by atoms with van der Waals surface area (Å²) >= 11 is 0. The van der Waals surface area contributed by atoms with Gasteiger partial charge in [-0.2, -0.15) is 0 Å². The predicted molar refractivity (Wildman–Crippen MR) is 99.8 cm³/mol. The molecule has 0 saturated carbocycles. The van der Waals surface area contributed by atoms with Crippen LogP contribution in [-0.2, 0) is 17.8 Å². The highest BCUT2D eigenvalue weighted by atomic mass is 16.6. The first-order chi connectivity index (χ1) is 11.8. The van der Waals surface area contributed by atoms with Gasteiger partial charge in [-0.25, -0.2) is 4.79 Å². The maximum Gasteiger partial charge on any atom is 0.407 e. The van der Waals surface area contributed by atoms with Crippen molar-refractivity contribution >= 4 is 6.09 Å². The van der Waals surface area contributed by atoms with E-state index in [1.54, 1.807) is 0 Å². The van der Waals surface area contributed by atoms with Crippen molar-refractivity contribution < 1.29 is 14.3 Å². The Bertz CT molecular complexity index is 660. The highest BCUT2D eigenvalue weighted by Gasteiger charge is 2.17. The molecule has 0 aliphatic carbocycles. The summed E-state index contributed by atoms with van der Waals surface area (Å²) in [6.45, 7) is 8.07. The van der Waals surface area contributed by atoms with E-state index in [4.69, 9.17) is 9.47 Å². The lowest BCUT2D eigenvalue weighted by atomic mass is 10.1. The number of amides is 1. The SMILES string of the molecule is CC(Cc1ccc(OCc2ccccc2)cc1)NC(=O)OC(C)(C)C. The molecule has 1 N–H and O–H groups in total. The molecule has 0 saturated heterocycles. The zero-order chi connectivity index (χ0) is 18.3. The molecule has 0 aromatic heterocycles. The molecule has 0 spiro atoms. The minimum absolute atomic E-state index is 0.00839. The normalized spacial score (nSPS) is 12.3. The van der Waals surface area contributed by atoms with Crippen molar-refractivity contribution in [1.29, 1.82) is 0 Å². The fourth-order valence-electron chi connectivity index (χ4n) is 2.38. The maximum absolute atomic E-state index is 11.8. The highest BCUT2D eigenvalue weighted by molar-refractivity contribution is 5.68. The Morgan fingerprint density at radius 2 is 1.64 bits per heavy atom. The second-order valence-electron chi connectivity index (χ2n) is 7.17. The monoisotopic (exact) mass is 341 g/mol. The van der Waals surface area contributed by atoms with E-state index in [1.807, 2.05) is 82.3 Å². The second kappa shape index (κ2) is 8.56. The first-order valence-corrected chi connectivity index (χ1v) is 8.57. The van der Waals surface area contributed by atoms with Gasteiger partial charge >= 0.3 is 6.09 Å². The summed E-state index contributed by atoms with van der Waals surface area (Å²) in [6.07, 6.45) is 0.348. The van der Waals surface area contributed by atoms with Gasteiger partial charge in [-0.1, -0.05) is 42.5 Å². The molecule has 2 aromatic carbocycles. The molecule has 2 aromatic rings. The number of nitrogens with one attached hydrogen (secondary N) is 1. The lowest BCUT2D eigenvalue weighted by Gasteiger charge is -2.22. The fourth-order valence-corrected chi connectivity index (χ4v) is 2.38. The first-order valence-electron chi connectivity index (χ1n) is 8.57. The van der Waals surface area contributed by atoms with Crippen LogP contribution in [0.2, 0.25) is 0 Å². The third kappa shape index (κ3) is 7.29. The van der Waals surface area contributed by atoms with E-state index in [1.165, 1.54) is 0 Å². The van der Waals surface area contributed by atoms with Crippen LogP contribution in [0.1, 0.15) is 38.8 Å². The summed E-state index contributed by atoms with van der Waals surface area (Å²) < 4.78 is 11.1. The van der Waals surface area contributed by atoms with Crippen LogP contribution in [-0.4, -0.2) is 17.7 Å². The molecule has 0 fully saturated rings. The number of alkyl carbamates (subject to hydrolysis) is 1. The van der Waals surface area contributed by atoms with E-state index < -0.39 is 5.60 Å². The van der Waals surface area contributed by atoms with E-state index >= 15 is 0 Å². The Balaban J connectivity index is 1.80. The Morgan fingerprint density at radius 1 is 1.00 bits per heavy atom. The molecule has 0 aliphatic heterocycles. The molecule has 0 radical (unpaired) electrons. The summed E-state index contributed by atoms with van der Waals surface area (Å²) in [6, 6.07) is 18.0. The first kappa shape index (κ1) is 18.8.